The molecule has 0 bridgehead atoms. The SMILES string of the molecule is C[Si](C)(C)CCOCn1ncc(C#N)c1Br. The van der Waals surface area contributed by atoms with Gasteiger partial charge in [0.25, 0.3) is 0 Å². The minimum atomic E-state index is -1.03. The van der Waals surface area contributed by atoms with Gasteiger partial charge >= 0.3 is 0 Å². The molecule has 16 heavy (non-hydrogen) atoms. The third-order valence-corrected chi connectivity index (χ3v) is 4.65. The molecule has 0 N–H and O–H groups in total. The number of nitrogens with zero attached hydrogens (tertiary/aromatic N) is 3. The van der Waals surface area contributed by atoms with E-state index >= 15 is 0 Å². The summed E-state index contributed by atoms with van der Waals surface area (Å²) in [5.74, 6) is 0. The summed E-state index contributed by atoms with van der Waals surface area (Å²) in [5, 5.41) is 12.8. The van der Waals surface area contributed by atoms with Crippen LogP contribution < -0.4 is 0 Å². The zero-order valence-corrected chi connectivity index (χ0v) is 12.4. The van der Waals surface area contributed by atoms with E-state index in [-0.39, 0.29) is 0 Å². The van der Waals surface area contributed by atoms with Gasteiger partial charge in [0.05, 0.1) is 6.20 Å². The van der Waals surface area contributed by atoms with E-state index in [1.165, 1.54) is 6.20 Å². The number of halogens is 1. The second kappa shape index (κ2) is 5.62. The Hall–Kier alpha value is -0.643. The van der Waals surface area contributed by atoms with Crippen molar-refractivity contribution in [2.75, 3.05) is 6.61 Å². The van der Waals surface area contributed by atoms with Crippen LogP contribution in [-0.4, -0.2) is 24.5 Å². The maximum Gasteiger partial charge on any atom is 0.140 e. The molecule has 0 aliphatic heterocycles. The second-order valence-electron chi connectivity index (χ2n) is 4.81. The van der Waals surface area contributed by atoms with Gasteiger partial charge in [-0.05, 0) is 22.0 Å². The Morgan fingerprint density at radius 1 is 1.56 bits per heavy atom. The number of rotatable bonds is 5. The topological polar surface area (TPSA) is 50.8 Å². The lowest BCUT2D eigenvalue weighted by Crippen LogP contribution is -2.22. The average Bonchev–Trinajstić information content (AvgIpc) is 2.53. The molecular weight excluding hydrogens is 286 g/mol. The fraction of sp³-hybridized carbons (Fsp3) is 0.600. The predicted octanol–water partition coefficient (Wildman–Crippen LogP) is 2.83. The van der Waals surface area contributed by atoms with Crippen molar-refractivity contribution in [1.29, 1.82) is 5.26 Å². The van der Waals surface area contributed by atoms with E-state index in [2.05, 4.69) is 46.7 Å². The predicted molar refractivity (Wildman–Crippen MR) is 68.7 cm³/mol. The molecule has 1 heterocycles. The minimum Gasteiger partial charge on any atom is -0.359 e. The first kappa shape index (κ1) is 13.4. The van der Waals surface area contributed by atoms with Crippen LogP contribution in [0.15, 0.2) is 10.8 Å². The molecule has 0 aliphatic carbocycles. The molecule has 4 nitrogen and oxygen atoms in total. The molecule has 0 unspecified atom stereocenters. The average molecular weight is 302 g/mol. The van der Waals surface area contributed by atoms with Gasteiger partial charge in [-0.25, -0.2) is 4.68 Å². The van der Waals surface area contributed by atoms with Gasteiger partial charge in [-0.2, -0.15) is 10.4 Å². The highest BCUT2D eigenvalue weighted by atomic mass is 79.9. The van der Waals surface area contributed by atoms with Crippen LogP contribution >= 0.6 is 15.9 Å². The first-order chi connectivity index (χ1) is 7.44. The van der Waals surface area contributed by atoms with Crippen molar-refractivity contribution in [3.8, 4) is 6.07 Å². The highest BCUT2D eigenvalue weighted by molar-refractivity contribution is 9.10. The third-order valence-electron chi connectivity index (χ3n) is 2.11. The highest BCUT2D eigenvalue weighted by Crippen LogP contribution is 2.15. The molecule has 0 saturated carbocycles. The van der Waals surface area contributed by atoms with Crippen molar-refractivity contribution in [3.63, 3.8) is 0 Å². The molecule has 0 amide bonds. The summed E-state index contributed by atoms with van der Waals surface area (Å²) in [7, 11) is -1.03. The van der Waals surface area contributed by atoms with Crippen LogP contribution in [-0.2, 0) is 11.5 Å². The Kier molecular flexibility index (Phi) is 4.71. The standard InChI is InChI=1S/C10H16BrN3OSi/c1-16(2,3)5-4-15-8-14-10(11)9(6-12)7-13-14/h7H,4-5,8H2,1-3H3. The van der Waals surface area contributed by atoms with E-state index in [0.717, 1.165) is 12.7 Å². The third kappa shape index (κ3) is 4.08. The van der Waals surface area contributed by atoms with E-state index < -0.39 is 8.07 Å². The van der Waals surface area contributed by atoms with Crippen molar-refractivity contribution in [2.24, 2.45) is 0 Å². The Labute approximate surface area is 105 Å². The van der Waals surface area contributed by atoms with Gasteiger partial charge in [-0.15, -0.1) is 0 Å². The lowest BCUT2D eigenvalue weighted by molar-refractivity contribution is 0.0769. The number of hydrogen-bond donors (Lipinski definition) is 0. The smallest absolute Gasteiger partial charge is 0.140 e. The molecule has 0 aromatic carbocycles. The van der Waals surface area contributed by atoms with Crippen molar-refractivity contribution in [1.82, 2.24) is 9.78 Å². The Morgan fingerprint density at radius 3 is 2.75 bits per heavy atom. The molecule has 0 atom stereocenters. The first-order valence-electron chi connectivity index (χ1n) is 5.13. The van der Waals surface area contributed by atoms with Gasteiger partial charge in [0, 0.05) is 14.7 Å². The van der Waals surface area contributed by atoms with E-state index in [0.29, 0.717) is 16.9 Å². The van der Waals surface area contributed by atoms with Crippen LogP contribution in [0.4, 0.5) is 0 Å². The van der Waals surface area contributed by atoms with Crippen LogP contribution in [0.25, 0.3) is 0 Å². The molecule has 1 rings (SSSR count). The number of hydrogen-bond acceptors (Lipinski definition) is 3. The van der Waals surface area contributed by atoms with Gasteiger partial charge in [-0.3, -0.25) is 0 Å². The largest absolute Gasteiger partial charge is 0.359 e. The fourth-order valence-electron chi connectivity index (χ4n) is 1.06. The normalized spacial score (nSPS) is 11.4. The molecule has 1 aromatic heterocycles. The zero-order valence-electron chi connectivity index (χ0n) is 9.83. The summed E-state index contributed by atoms with van der Waals surface area (Å²) >= 11 is 3.31. The van der Waals surface area contributed by atoms with Crippen molar-refractivity contribution in [2.45, 2.75) is 32.4 Å². The molecule has 0 spiro atoms. The lowest BCUT2D eigenvalue weighted by atomic mass is 10.4. The van der Waals surface area contributed by atoms with E-state index in [1.54, 1.807) is 4.68 Å². The summed E-state index contributed by atoms with van der Waals surface area (Å²) in [6.07, 6.45) is 1.53. The molecule has 1 aromatic rings. The summed E-state index contributed by atoms with van der Waals surface area (Å²) in [4.78, 5) is 0. The molecule has 88 valence electrons. The van der Waals surface area contributed by atoms with E-state index in [9.17, 15) is 0 Å². The maximum absolute atomic E-state index is 8.74. The zero-order chi connectivity index (χ0) is 12.2. The van der Waals surface area contributed by atoms with Crippen LogP contribution in [0.2, 0.25) is 25.7 Å². The molecule has 0 saturated heterocycles. The first-order valence-corrected chi connectivity index (χ1v) is 9.63. The van der Waals surface area contributed by atoms with E-state index in [1.807, 2.05) is 0 Å². The van der Waals surface area contributed by atoms with Gasteiger partial charge in [0.15, 0.2) is 0 Å². The summed E-state index contributed by atoms with van der Waals surface area (Å²) in [6, 6.07) is 3.19. The Morgan fingerprint density at radius 2 is 2.25 bits per heavy atom. The summed E-state index contributed by atoms with van der Waals surface area (Å²) in [6.45, 7) is 8.09. The fourth-order valence-corrected chi connectivity index (χ4v) is 2.21. The quantitative estimate of drug-likeness (QED) is 0.621. The lowest BCUT2D eigenvalue weighted by Gasteiger charge is -2.15. The maximum atomic E-state index is 8.74. The van der Waals surface area contributed by atoms with Crippen LogP contribution in [0.3, 0.4) is 0 Å². The minimum absolute atomic E-state index is 0.396. The highest BCUT2D eigenvalue weighted by Gasteiger charge is 2.12. The van der Waals surface area contributed by atoms with Gasteiger partial charge in [0.2, 0.25) is 0 Å². The summed E-state index contributed by atoms with van der Waals surface area (Å²) < 4.78 is 7.86. The number of nitriles is 1. The van der Waals surface area contributed by atoms with Crippen LogP contribution in [0.5, 0.6) is 0 Å². The van der Waals surface area contributed by atoms with Crippen molar-refractivity contribution in [3.05, 3.63) is 16.4 Å². The molecule has 0 aliphatic rings. The molecule has 0 fully saturated rings. The molecular formula is C10H16BrN3OSi. The van der Waals surface area contributed by atoms with Crippen LogP contribution in [0, 0.1) is 11.3 Å². The number of aromatic nitrogens is 2. The monoisotopic (exact) mass is 301 g/mol. The van der Waals surface area contributed by atoms with Crippen molar-refractivity contribution < 1.29 is 4.74 Å². The van der Waals surface area contributed by atoms with Gasteiger partial charge in [-0.1, -0.05) is 19.6 Å². The molecule has 0 radical (unpaired) electrons. The van der Waals surface area contributed by atoms with Crippen LogP contribution in [0.1, 0.15) is 5.56 Å². The summed E-state index contributed by atoms with van der Waals surface area (Å²) in [5.41, 5.74) is 0.536. The number of ether oxygens (including phenoxy) is 1. The van der Waals surface area contributed by atoms with Gasteiger partial charge in [0.1, 0.15) is 23.0 Å². The Balaban J connectivity index is 2.39. The second-order valence-corrected chi connectivity index (χ2v) is 11.2. The molecule has 6 heteroatoms. The van der Waals surface area contributed by atoms with Crippen molar-refractivity contribution >= 4 is 24.0 Å². The van der Waals surface area contributed by atoms with E-state index in [4.69, 9.17) is 10.00 Å². The van der Waals surface area contributed by atoms with Gasteiger partial charge < -0.3 is 4.74 Å². The Bertz CT molecular complexity index is 392.